The van der Waals surface area contributed by atoms with E-state index in [0.717, 1.165) is 55.2 Å². The number of H-pyrrole nitrogens is 1. The number of primary amides is 1. The summed E-state index contributed by atoms with van der Waals surface area (Å²) in [6.07, 6.45) is 6.23. The largest absolute Gasteiger partial charge is 0.491 e. The Morgan fingerprint density at radius 2 is 2.06 bits per heavy atom. The first-order valence-corrected chi connectivity index (χ1v) is 11.2. The van der Waals surface area contributed by atoms with E-state index in [9.17, 15) is 13.6 Å². The van der Waals surface area contributed by atoms with Gasteiger partial charge in [0.05, 0.1) is 5.56 Å². The summed E-state index contributed by atoms with van der Waals surface area (Å²) in [6, 6.07) is 7.53. The standard InChI is InChI=1S/C25H29F2N3O2/c1-2-10-30(11-4-3-5-16-14-29-23-9-6-17(26)12-20(16)23)18-13-21-22(27)8-7-19(25(28)31)24(21)32-15-18/h6-9,12,14,18,29H,2-5,10-11,13,15H2,1H3,(H2,28,31). The van der Waals surface area contributed by atoms with E-state index >= 15 is 0 Å². The number of halogens is 2. The van der Waals surface area contributed by atoms with Crippen LogP contribution >= 0.6 is 0 Å². The fraction of sp³-hybridized carbons (Fsp3) is 0.400. The highest BCUT2D eigenvalue weighted by Gasteiger charge is 2.29. The van der Waals surface area contributed by atoms with Gasteiger partial charge < -0.3 is 15.5 Å². The summed E-state index contributed by atoms with van der Waals surface area (Å²) in [5.74, 6) is -0.909. The normalized spacial score (nSPS) is 15.7. The molecule has 1 aromatic heterocycles. The molecular formula is C25H29F2N3O2. The van der Waals surface area contributed by atoms with Crippen LogP contribution < -0.4 is 10.5 Å². The third-order valence-electron chi connectivity index (χ3n) is 6.23. The second kappa shape index (κ2) is 9.69. The molecule has 1 aliphatic rings. The summed E-state index contributed by atoms with van der Waals surface area (Å²) in [6.45, 7) is 4.28. The maximum Gasteiger partial charge on any atom is 0.252 e. The second-order valence-corrected chi connectivity index (χ2v) is 8.43. The van der Waals surface area contributed by atoms with Gasteiger partial charge in [-0.25, -0.2) is 8.78 Å². The second-order valence-electron chi connectivity index (χ2n) is 8.43. The summed E-state index contributed by atoms with van der Waals surface area (Å²) >= 11 is 0. The van der Waals surface area contributed by atoms with E-state index in [4.69, 9.17) is 10.5 Å². The number of amides is 1. The molecule has 170 valence electrons. The molecule has 4 rings (SSSR count). The van der Waals surface area contributed by atoms with E-state index in [2.05, 4.69) is 16.8 Å². The van der Waals surface area contributed by atoms with Gasteiger partial charge in [-0.15, -0.1) is 0 Å². The maximum atomic E-state index is 14.5. The van der Waals surface area contributed by atoms with Gasteiger partial charge in [-0.1, -0.05) is 6.92 Å². The number of aromatic amines is 1. The van der Waals surface area contributed by atoms with Gasteiger partial charge in [-0.05, 0) is 81.1 Å². The Kier molecular flexibility index (Phi) is 6.74. The zero-order valence-corrected chi connectivity index (χ0v) is 18.3. The zero-order chi connectivity index (χ0) is 22.7. The van der Waals surface area contributed by atoms with Gasteiger partial charge in [0.1, 0.15) is 24.0 Å². The highest BCUT2D eigenvalue weighted by Crippen LogP contribution is 2.32. The predicted octanol–water partition coefficient (Wildman–Crippen LogP) is 4.58. The average Bonchev–Trinajstić information content (AvgIpc) is 3.17. The Morgan fingerprint density at radius 1 is 1.22 bits per heavy atom. The Bertz CT molecular complexity index is 1110. The van der Waals surface area contributed by atoms with Gasteiger partial charge in [-0.3, -0.25) is 9.69 Å². The fourth-order valence-electron chi connectivity index (χ4n) is 4.61. The van der Waals surface area contributed by atoms with Crippen molar-refractivity contribution in [1.82, 2.24) is 9.88 Å². The lowest BCUT2D eigenvalue weighted by atomic mass is 9.97. The van der Waals surface area contributed by atoms with E-state index in [1.807, 2.05) is 6.20 Å². The van der Waals surface area contributed by atoms with Crippen LogP contribution in [0.2, 0.25) is 0 Å². The van der Waals surface area contributed by atoms with Crippen molar-refractivity contribution < 1.29 is 18.3 Å². The molecule has 0 saturated carbocycles. The number of carbonyl (C=O) groups excluding carboxylic acids is 1. The minimum atomic E-state index is -0.609. The Morgan fingerprint density at radius 3 is 2.84 bits per heavy atom. The first-order valence-electron chi connectivity index (χ1n) is 11.2. The van der Waals surface area contributed by atoms with Crippen LogP contribution in [0.5, 0.6) is 5.75 Å². The highest BCUT2D eigenvalue weighted by molar-refractivity contribution is 5.96. The van der Waals surface area contributed by atoms with E-state index in [-0.39, 0.29) is 29.0 Å². The number of unbranched alkanes of at least 4 members (excludes halogenated alkanes) is 1. The SMILES string of the molecule is CCCN(CCCCc1c[nH]c2ccc(F)cc12)C1COc2c(C(N)=O)ccc(F)c2C1. The molecule has 0 bridgehead atoms. The van der Waals surface area contributed by atoms with Crippen molar-refractivity contribution in [2.24, 2.45) is 5.73 Å². The summed E-state index contributed by atoms with van der Waals surface area (Å²) in [7, 11) is 0. The predicted molar refractivity (Wildman–Crippen MR) is 121 cm³/mol. The molecule has 2 aromatic carbocycles. The molecule has 1 aliphatic heterocycles. The molecule has 0 spiro atoms. The molecule has 3 N–H and O–H groups in total. The van der Waals surface area contributed by atoms with E-state index in [1.165, 1.54) is 18.2 Å². The van der Waals surface area contributed by atoms with Crippen LogP contribution in [0.15, 0.2) is 36.5 Å². The summed E-state index contributed by atoms with van der Waals surface area (Å²) in [5.41, 5.74) is 8.15. The molecule has 0 radical (unpaired) electrons. The topological polar surface area (TPSA) is 71.3 Å². The van der Waals surface area contributed by atoms with E-state index < -0.39 is 5.91 Å². The Hall–Kier alpha value is -2.93. The molecule has 0 aliphatic carbocycles. The number of nitrogens with one attached hydrogen (secondary N) is 1. The monoisotopic (exact) mass is 441 g/mol. The van der Waals surface area contributed by atoms with Gasteiger partial charge >= 0.3 is 0 Å². The Labute approximate surface area is 186 Å². The third kappa shape index (κ3) is 4.63. The fourth-order valence-corrected chi connectivity index (χ4v) is 4.61. The number of ether oxygens (including phenoxy) is 1. The summed E-state index contributed by atoms with van der Waals surface area (Å²) in [4.78, 5) is 17.2. The molecule has 5 nitrogen and oxygen atoms in total. The van der Waals surface area contributed by atoms with Gasteiger partial charge in [0, 0.05) is 28.7 Å². The van der Waals surface area contributed by atoms with E-state index in [1.54, 1.807) is 12.1 Å². The van der Waals surface area contributed by atoms with Gasteiger partial charge in [-0.2, -0.15) is 0 Å². The highest BCUT2D eigenvalue weighted by atomic mass is 19.1. The van der Waals surface area contributed by atoms with Crippen molar-refractivity contribution in [1.29, 1.82) is 0 Å². The number of aryl methyl sites for hydroxylation is 1. The smallest absolute Gasteiger partial charge is 0.252 e. The molecule has 3 aromatic rings. The first kappa shape index (κ1) is 22.3. The van der Waals surface area contributed by atoms with E-state index in [0.29, 0.717) is 18.6 Å². The lowest BCUT2D eigenvalue weighted by molar-refractivity contribution is 0.0975. The molecule has 1 unspecified atom stereocenters. The van der Waals surface area contributed by atoms with Crippen molar-refractivity contribution in [2.45, 2.75) is 45.1 Å². The van der Waals surface area contributed by atoms with Crippen molar-refractivity contribution in [3.05, 3.63) is 64.9 Å². The van der Waals surface area contributed by atoms with Crippen LogP contribution in [0, 0.1) is 11.6 Å². The van der Waals surface area contributed by atoms with Crippen LogP contribution in [-0.2, 0) is 12.8 Å². The summed E-state index contributed by atoms with van der Waals surface area (Å²) in [5, 5.41) is 0.938. The number of carbonyl (C=O) groups is 1. The van der Waals surface area contributed by atoms with Crippen molar-refractivity contribution in [3.8, 4) is 5.75 Å². The Balaban J connectivity index is 1.38. The number of aromatic nitrogens is 1. The average molecular weight is 442 g/mol. The minimum absolute atomic E-state index is 0.0438. The number of rotatable bonds is 9. The number of hydrogen-bond donors (Lipinski definition) is 2. The molecule has 32 heavy (non-hydrogen) atoms. The quantitative estimate of drug-likeness (QED) is 0.478. The molecule has 1 atom stereocenters. The van der Waals surface area contributed by atoms with Crippen LogP contribution in [0.4, 0.5) is 8.78 Å². The van der Waals surface area contributed by atoms with Gasteiger partial charge in [0.15, 0.2) is 0 Å². The lowest BCUT2D eigenvalue weighted by Crippen LogP contribution is -2.44. The summed E-state index contributed by atoms with van der Waals surface area (Å²) < 4.78 is 33.9. The molecular weight excluding hydrogens is 412 g/mol. The third-order valence-corrected chi connectivity index (χ3v) is 6.23. The number of hydrogen-bond acceptors (Lipinski definition) is 3. The number of benzene rings is 2. The van der Waals surface area contributed by atoms with Crippen molar-refractivity contribution in [3.63, 3.8) is 0 Å². The number of nitrogens with two attached hydrogens (primary N) is 1. The maximum absolute atomic E-state index is 14.5. The van der Waals surface area contributed by atoms with Crippen LogP contribution in [0.1, 0.15) is 47.7 Å². The lowest BCUT2D eigenvalue weighted by Gasteiger charge is -2.35. The van der Waals surface area contributed by atoms with Crippen LogP contribution in [0.25, 0.3) is 10.9 Å². The molecule has 0 saturated heterocycles. The molecule has 1 amide bonds. The van der Waals surface area contributed by atoms with Gasteiger partial charge in [0.25, 0.3) is 5.91 Å². The molecule has 2 heterocycles. The number of fused-ring (bicyclic) bond motifs is 2. The zero-order valence-electron chi connectivity index (χ0n) is 18.3. The van der Waals surface area contributed by atoms with Crippen molar-refractivity contribution >= 4 is 16.8 Å². The minimum Gasteiger partial charge on any atom is -0.491 e. The van der Waals surface area contributed by atoms with Crippen LogP contribution in [0.3, 0.4) is 0 Å². The van der Waals surface area contributed by atoms with Crippen LogP contribution in [-0.4, -0.2) is 41.5 Å². The number of nitrogens with zero attached hydrogens (tertiary/aromatic N) is 1. The first-order chi connectivity index (χ1) is 15.5. The van der Waals surface area contributed by atoms with Gasteiger partial charge in [0.2, 0.25) is 0 Å². The molecule has 7 heteroatoms. The molecule has 0 fully saturated rings. The van der Waals surface area contributed by atoms with Crippen molar-refractivity contribution in [2.75, 3.05) is 19.7 Å².